The van der Waals surface area contributed by atoms with Gasteiger partial charge >= 0.3 is 0 Å². The summed E-state index contributed by atoms with van der Waals surface area (Å²) in [6.45, 7) is 0. The van der Waals surface area contributed by atoms with E-state index in [9.17, 15) is 9.59 Å². The van der Waals surface area contributed by atoms with Gasteiger partial charge in [0.2, 0.25) is 0 Å². The molecule has 6 heteroatoms. The van der Waals surface area contributed by atoms with Crippen molar-refractivity contribution in [1.29, 1.82) is 0 Å². The molecular weight excluding hydrogens is 448 g/mol. The summed E-state index contributed by atoms with van der Waals surface area (Å²) in [5, 5.41) is 4.50. The summed E-state index contributed by atoms with van der Waals surface area (Å²) in [6, 6.07) is 30.4. The average molecular weight is 464 g/mol. The first kappa shape index (κ1) is 19.2. The van der Waals surface area contributed by atoms with Gasteiger partial charge < -0.3 is 0 Å². The van der Waals surface area contributed by atoms with E-state index in [1.807, 2.05) is 84.9 Å². The van der Waals surface area contributed by atoms with Crippen LogP contribution in [0.2, 0.25) is 0 Å². The zero-order chi connectivity index (χ0) is 24.0. The van der Waals surface area contributed by atoms with Gasteiger partial charge in [0.05, 0.1) is 32.8 Å². The molecule has 4 aromatic heterocycles. The number of rotatable bonds is 0. The molecule has 36 heavy (non-hydrogen) atoms. The van der Waals surface area contributed by atoms with Crippen molar-refractivity contribution in [2.45, 2.75) is 0 Å². The minimum atomic E-state index is -0.117. The minimum absolute atomic E-state index is 0.117. The van der Waals surface area contributed by atoms with Crippen LogP contribution in [0.25, 0.3) is 54.9 Å². The fourth-order valence-corrected chi connectivity index (χ4v) is 5.54. The molecule has 0 radical (unpaired) electrons. The van der Waals surface area contributed by atoms with Crippen molar-refractivity contribution in [1.82, 2.24) is 18.8 Å². The van der Waals surface area contributed by atoms with Gasteiger partial charge in [-0.3, -0.25) is 18.4 Å². The van der Waals surface area contributed by atoms with Crippen LogP contribution in [0, 0.1) is 10.4 Å². The van der Waals surface area contributed by atoms with E-state index >= 15 is 0 Å². The number of hydrogen-bond donors (Lipinski definition) is 0. The third-order valence-electron chi connectivity index (χ3n) is 7.08. The van der Waals surface area contributed by atoms with Crippen molar-refractivity contribution >= 4 is 54.9 Å². The summed E-state index contributed by atoms with van der Waals surface area (Å²) in [6.07, 6.45) is 0. The normalized spacial score (nSPS) is 13.1. The van der Waals surface area contributed by atoms with Crippen molar-refractivity contribution in [3.05, 3.63) is 128 Å². The predicted octanol–water partition coefficient (Wildman–Crippen LogP) is 5.04. The molecule has 4 heterocycles. The number of benzene rings is 4. The summed E-state index contributed by atoms with van der Waals surface area (Å²) in [5.74, 6) is 0. The van der Waals surface area contributed by atoms with E-state index in [1.165, 1.54) is 0 Å². The molecule has 8 rings (SSSR count). The van der Waals surface area contributed by atoms with E-state index in [2.05, 4.69) is 0 Å². The van der Waals surface area contributed by atoms with Crippen molar-refractivity contribution in [2.75, 3.05) is 0 Å². The molecular formula is C30H16N4O2. The van der Waals surface area contributed by atoms with Gasteiger partial charge in [0.15, 0.2) is 0 Å². The highest BCUT2D eigenvalue weighted by Crippen LogP contribution is 2.28. The van der Waals surface area contributed by atoms with Gasteiger partial charge in [0, 0.05) is 21.2 Å². The molecule has 0 saturated heterocycles. The Morgan fingerprint density at radius 2 is 0.806 bits per heavy atom. The molecule has 6 nitrogen and oxygen atoms in total. The summed E-state index contributed by atoms with van der Waals surface area (Å²) >= 11 is 0. The van der Waals surface area contributed by atoms with Crippen LogP contribution in [0.15, 0.2) is 107 Å². The maximum atomic E-state index is 13.7. The lowest BCUT2D eigenvalue weighted by molar-refractivity contribution is 1.14. The molecule has 0 aliphatic carbocycles. The Labute approximate surface area is 202 Å². The highest BCUT2D eigenvalue weighted by atomic mass is 16.1. The molecule has 0 bridgehead atoms. The summed E-state index contributed by atoms with van der Waals surface area (Å²) < 4.78 is 3.37. The van der Waals surface area contributed by atoms with Crippen molar-refractivity contribution in [3.8, 4) is 0 Å². The fraction of sp³-hybridized carbons (Fsp3) is 0. The van der Waals surface area contributed by atoms with Crippen LogP contribution in [0.4, 0.5) is 0 Å². The Balaban J connectivity index is 1.83. The number of nitrogens with zero attached hydrogens (tertiary/aromatic N) is 4. The molecule has 0 aliphatic heterocycles. The topological polar surface area (TPSA) is 68.7 Å². The van der Waals surface area contributed by atoms with Crippen LogP contribution in [0.5, 0.6) is 0 Å². The maximum Gasteiger partial charge on any atom is 0.266 e. The molecule has 0 fully saturated rings. The number of hydrogen-bond acceptors (Lipinski definition) is 4. The zero-order valence-corrected chi connectivity index (χ0v) is 18.8. The Bertz CT molecular complexity index is 2250. The van der Waals surface area contributed by atoms with Crippen LogP contribution >= 0.6 is 0 Å². The van der Waals surface area contributed by atoms with E-state index in [1.54, 1.807) is 20.9 Å². The SMILES string of the molecule is O=c1c2ccccc2nc2/c(=c3\c4ccccc4n4c(=O)c5ccccc5nc34)c3ccccc3n12. The second kappa shape index (κ2) is 6.73. The number of para-hydroxylation sites is 4. The van der Waals surface area contributed by atoms with Crippen molar-refractivity contribution in [3.63, 3.8) is 0 Å². The molecule has 0 spiro atoms. The summed E-state index contributed by atoms with van der Waals surface area (Å²) in [4.78, 5) is 37.3. The number of fused-ring (bicyclic) bond motifs is 8. The van der Waals surface area contributed by atoms with Gasteiger partial charge in [-0.05, 0) is 36.4 Å². The quantitative estimate of drug-likeness (QED) is 0.315. The van der Waals surface area contributed by atoms with Gasteiger partial charge in [-0.15, -0.1) is 0 Å². The molecule has 0 N–H and O–H groups in total. The lowest BCUT2D eigenvalue weighted by atomic mass is 10.1. The summed E-state index contributed by atoms with van der Waals surface area (Å²) in [5.41, 5.74) is 3.70. The number of aromatic nitrogens is 4. The third kappa shape index (κ3) is 2.30. The smallest absolute Gasteiger partial charge is 0.266 e. The van der Waals surface area contributed by atoms with Crippen LogP contribution < -0.4 is 11.1 Å². The highest BCUT2D eigenvalue weighted by molar-refractivity contribution is 5.96. The molecule has 0 saturated carbocycles. The van der Waals surface area contributed by atoms with Gasteiger partial charge in [0.25, 0.3) is 11.1 Å². The van der Waals surface area contributed by atoms with Crippen LogP contribution in [-0.2, 0) is 0 Å². The molecule has 0 aliphatic rings. The lowest BCUT2D eigenvalue weighted by Crippen LogP contribution is -2.14. The Morgan fingerprint density at radius 3 is 1.25 bits per heavy atom. The minimum Gasteiger partial charge on any atom is -0.268 e. The van der Waals surface area contributed by atoms with Gasteiger partial charge in [0.1, 0.15) is 11.3 Å². The Kier molecular flexibility index (Phi) is 3.60. The van der Waals surface area contributed by atoms with E-state index < -0.39 is 0 Å². The first-order valence-electron chi connectivity index (χ1n) is 11.7. The maximum absolute atomic E-state index is 13.7. The average Bonchev–Trinajstić information content (AvgIpc) is 3.41. The van der Waals surface area contributed by atoms with E-state index in [0.717, 1.165) is 32.2 Å². The second-order valence-corrected chi connectivity index (χ2v) is 8.97. The summed E-state index contributed by atoms with van der Waals surface area (Å²) in [7, 11) is 0. The van der Waals surface area contributed by atoms with E-state index in [0.29, 0.717) is 33.1 Å². The Hall–Kier alpha value is -5.10. The zero-order valence-electron chi connectivity index (χ0n) is 18.8. The molecule has 4 aromatic carbocycles. The largest absolute Gasteiger partial charge is 0.268 e. The van der Waals surface area contributed by atoms with Gasteiger partial charge in [-0.25, -0.2) is 9.97 Å². The molecule has 168 valence electrons. The fourth-order valence-electron chi connectivity index (χ4n) is 5.54. The molecule has 0 atom stereocenters. The first-order valence-corrected chi connectivity index (χ1v) is 11.7. The molecule has 0 amide bonds. The highest BCUT2D eigenvalue weighted by Gasteiger charge is 2.18. The predicted molar refractivity (Wildman–Crippen MR) is 142 cm³/mol. The first-order chi connectivity index (χ1) is 17.7. The Morgan fingerprint density at radius 1 is 0.444 bits per heavy atom. The van der Waals surface area contributed by atoms with E-state index in [-0.39, 0.29) is 11.1 Å². The molecule has 0 unspecified atom stereocenters. The third-order valence-corrected chi connectivity index (χ3v) is 7.08. The van der Waals surface area contributed by atoms with Crippen LogP contribution in [0.3, 0.4) is 0 Å². The van der Waals surface area contributed by atoms with Gasteiger partial charge in [-0.1, -0.05) is 60.7 Å². The lowest BCUT2D eigenvalue weighted by Gasteiger charge is -2.00. The second-order valence-electron chi connectivity index (χ2n) is 8.97. The van der Waals surface area contributed by atoms with Crippen molar-refractivity contribution in [2.24, 2.45) is 0 Å². The van der Waals surface area contributed by atoms with E-state index in [4.69, 9.17) is 9.97 Å². The van der Waals surface area contributed by atoms with Crippen LogP contribution in [0.1, 0.15) is 0 Å². The monoisotopic (exact) mass is 464 g/mol. The van der Waals surface area contributed by atoms with Crippen molar-refractivity contribution < 1.29 is 0 Å². The van der Waals surface area contributed by atoms with Crippen LogP contribution in [-0.4, -0.2) is 18.8 Å². The van der Waals surface area contributed by atoms with Gasteiger partial charge in [-0.2, -0.15) is 0 Å². The molecule has 8 aromatic rings. The standard InChI is InChI=1S/C30H16N4O2/c35-29-17-9-1-5-13-21(17)31-27-25(19-11-3-7-15-23(19)33(27)29)26-20-12-4-8-16-24(20)34-28(26)32-22-14-6-2-10-18(22)30(34)36/h1-16H/b26-25+.